The van der Waals surface area contributed by atoms with E-state index >= 15 is 0 Å². The summed E-state index contributed by atoms with van der Waals surface area (Å²) in [7, 11) is 0. The summed E-state index contributed by atoms with van der Waals surface area (Å²) in [4.78, 5) is 26.6. The van der Waals surface area contributed by atoms with Gasteiger partial charge < -0.3 is 15.5 Å². The first-order valence-electron chi connectivity index (χ1n) is 8.44. The summed E-state index contributed by atoms with van der Waals surface area (Å²) in [6.45, 7) is 7.40. The second-order valence-electron chi connectivity index (χ2n) is 6.26. The van der Waals surface area contributed by atoms with E-state index in [1.165, 1.54) is 19.3 Å². The molecule has 1 heterocycles. The van der Waals surface area contributed by atoms with Crippen LogP contribution in [0.15, 0.2) is 24.3 Å². The Morgan fingerprint density at radius 1 is 1.22 bits per heavy atom. The van der Waals surface area contributed by atoms with Crippen LogP contribution in [0.3, 0.4) is 0 Å². The molecule has 0 radical (unpaired) electrons. The molecule has 1 aliphatic rings. The number of nitrogens with one attached hydrogen (secondary N) is 2. The molecular weight excluding hydrogens is 290 g/mol. The molecule has 0 saturated carbocycles. The predicted molar refractivity (Wildman–Crippen MR) is 91.4 cm³/mol. The van der Waals surface area contributed by atoms with Crippen molar-refractivity contribution in [1.29, 1.82) is 0 Å². The van der Waals surface area contributed by atoms with E-state index in [1.54, 1.807) is 13.0 Å². The van der Waals surface area contributed by atoms with Crippen molar-refractivity contribution in [3.63, 3.8) is 0 Å². The minimum absolute atomic E-state index is 0.136. The number of likely N-dealkylation sites (tertiary alicyclic amines) is 1. The van der Waals surface area contributed by atoms with Gasteiger partial charge in [-0.1, -0.05) is 24.1 Å². The summed E-state index contributed by atoms with van der Waals surface area (Å²) < 4.78 is 0. The first kappa shape index (κ1) is 17.5. The second-order valence-corrected chi connectivity index (χ2v) is 6.26. The number of nitrogens with zero attached hydrogens (tertiary/aromatic N) is 1. The van der Waals surface area contributed by atoms with Crippen LogP contribution in [0.2, 0.25) is 0 Å². The second kappa shape index (κ2) is 8.67. The number of rotatable bonds is 6. The Hall–Kier alpha value is -1.88. The van der Waals surface area contributed by atoms with Crippen LogP contribution in [0.1, 0.15) is 42.1 Å². The molecule has 126 valence electrons. The molecule has 2 amide bonds. The lowest BCUT2D eigenvalue weighted by Gasteiger charge is -2.26. The van der Waals surface area contributed by atoms with Gasteiger partial charge in [0.15, 0.2) is 0 Å². The minimum atomic E-state index is -0.538. The number of carbonyl (C=O) groups is 2. The molecule has 5 nitrogen and oxygen atoms in total. The van der Waals surface area contributed by atoms with Gasteiger partial charge >= 0.3 is 0 Å². The standard InChI is InChI=1S/C18H27N3O2/c1-14-7-6-8-16(13-14)18(23)20-15(2)17(22)19-9-12-21-10-4-3-5-11-21/h6-8,13,15H,3-5,9-12H2,1-2H3,(H,19,22)(H,20,23). The van der Waals surface area contributed by atoms with Gasteiger partial charge in [0.2, 0.25) is 5.91 Å². The molecular formula is C18H27N3O2. The monoisotopic (exact) mass is 317 g/mol. The molecule has 1 unspecified atom stereocenters. The summed E-state index contributed by atoms with van der Waals surface area (Å²) in [5.41, 5.74) is 1.61. The zero-order chi connectivity index (χ0) is 16.7. The fourth-order valence-corrected chi connectivity index (χ4v) is 2.81. The third-order valence-corrected chi connectivity index (χ3v) is 4.20. The highest BCUT2D eigenvalue weighted by molar-refractivity contribution is 5.97. The third kappa shape index (κ3) is 5.67. The minimum Gasteiger partial charge on any atom is -0.353 e. The van der Waals surface area contributed by atoms with Crippen LogP contribution in [-0.2, 0) is 4.79 Å². The quantitative estimate of drug-likeness (QED) is 0.840. The molecule has 1 aromatic carbocycles. The molecule has 1 aromatic rings. The number of piperidine rings is 1. The number of carbonyl (C=O) groups excluding carboxylic acids is 2. The van der Waals surface area contributed by atoms with Crippen LogP contribution in [0.4, 0.5) is 0 Å². The maximum absolute atomic E-state index is 12.1. The van der Waals surface area contributed by atoms with Gasteiger partial charge in [0.1, 0.15) is 6.04 Å². The van der Waals surface area contributed by atoms with Crippen LogP contribution < -0.4 is 10.6 Å². The normalized spacial score (nSPS) is 16.6. The van der Waals surface area contributed by atoms with Gasteiger partial charge in [-0.2, -0.15) is 0 Å². The molecule has 1 aliphatic heterocycles. The van der Waals surface area contributed by atoms with Gasteiger partial charge in [-0.05, 0) is 51.9 Å². The van der Waals surface area contributed by atoms with Gasteiger partial charge in [-0.15, -0.1) is 0 Å². The molecule has 0 bridgehead atoms. The highest BCUT2D eigenvalue weighted by Gasteiger charge is 2.17. The molecule has 1 atom stereocenters. The summed E-state index contributed by atoms with van der Waals surface area (Å²) in [5.74, 6) is -0.351. The molecule has 0 aliphatic carbocycles. The highest BCUT2D eigenvalue weighted by atomic mass is 16.2. The Bertz CT molecular complexity index is 539. The largest absolute Gasteiger partial charge is 0.353 e. The van der Waals surface area contributed by atoms with E-state index in [4.69, 9.17) is 0 Å². The van der Waals surface area contributed by atoms with Crippen molar-refractivity contribution < 1.29 is 9.59 Å². The van der Waals surface area contributed by atoms with E-state index in [1.807, 2.05) is 25.1 Å². The number of benzene rings is 1. The van der Waals surface area contributed by atoms with E-state index in [2.05, 4.69) is 15.5 Å². The first-order valence-corrected chi connectivity index (χ1v) is 8.44. The molecule has 1 saturated heterocycles. The smallest absolute Gasteiger partial charge is 0.251 e. The van der Waals surface area contributed by atoms with Gasteiger partial charge in [-0.25, -0.2) is 0 Å². The lowest BCUT2D eigenvalue weighted by atomic mass is 10.1. The van der Waals surface area contributed by atoms with Gasteiger partial charge in [-0.3, -0.25) is 9.59 Å². The van der Waals surface area contributed by atoms with Crippen molar-refractivity contribution in [3.05, 3.63) is 35.4 Å². The van der Waals surface area contributed by atoms with Crippen LogP contribution in [0, 0.1) is 6.92 Å². The molecule has 23 heavy (non-hydrogen) atoms. The van der Waals surface area contributed by atoms with E-state index in [0.29, 0.717) is 12.1 Å². The highest BCUT2D eigenvalue weighted by Crippen LogP contribution is 2.07. The first-order chi connectivity index (χ1) is 11.1. The van der Waals surface area contributed by atoms with Crippen LogP contribution in [0.5, 0.6) is 0 Å². The van der Waals surface area contributed by atoms with E-state index in [0.717, 1.165) is 25.2 Å². The van der Waals surface area contributed by atoms with Gasteiger partial charge in [0.25, 0.3) is 5.91 Å². The summed E-state index contributed by atoms with van der Waals surface area (Å²) in [6.07, 6.45) is 3.80. The van der Waals surface area contributed by atoms with E-state index < -0.39 is 6.04 Å². The Morgan fingerprint density at radius 3 is 2.65 bits per heavy atom. The zero-order valence-corrected chi connectivity index (χ0v) is 14.1. The zero-order valence-electron chi connectivity index (χ0n) is 14.1. The van der Waals surface area contributed by atoms with E-state index in [-0.39, 0.29) is 11.8 Å². The molecule has 0 aromatic heterocycles. The molecule has 1 fully saturated rings. The van der Waals surface area contributed by atoms with Crippen molar-refractivity contribution >= 4 is 11.8 Å². The SMILES string of the molecule is Cc1cccc(C(=O)NC(C)C(=O)NCCN2CCCCC2)c1. The maximum Gasteiger partial charge on any atom is 0.251 e. The summed E-state index contributed by atoms with van der Waals surface area (Å²) in [5, 5.41) is 5.65. The Kier molecular flexibility index (Phi) is 6.59. The van der Waals surface area contributed by atoms with Crippen LogP contribution in [0.25, 0.3) is 0 Å². The Balaban J connectivity index is 1.72. The molecule has 5 heteroatoms. The van der Waals surface area contributed by atoms with Crippen LogP contribution in [-0.4, -0.2) is 48.9 Å². The topological polar surface area (TPSA) is 61.4 Å². The Labute approximate surface area is 138 Å². The Morgan fingerprint density at radius 2 is 1.96 bits per heavy atom. The fourth-order valence-electron chi connectivity index (χ4n) is 2.81. The molecule has 2 N–H and O–H groups in total. The summed E-state index contributed by atoms with van der Waals surface area (Å²) >= 11 is 0. The average Bonchev–Trinajstić information content (AvgIpc) is 2.55. The lowest BCUT2D eigenvalue weighted by molar-refractivity contribution is -0.122. The van der Waals surface area contributed by atoms with Crippen molar-refractivity contribution in [1.82, 2.24) is 15.5 Å². The van der Waals surface area contributed by atoms with Crippen LogP contribution >= 0.6 is 0 Å². The number of hydrogen-bond donors (Lipinski definition) is 2. The van der Waals surface area contributed by atoms with E-state index in [9.17, 15) is 9.59 Å². The number of aryl methyl sites for hydroxylation is 1. The number of amides is 2. The number of hydrogen-bond acceptors (Lipinski definition) is 3. The van der Waals surface area contributed by atoms with Crippen molar-refractivity contribution in [3.8, 4) is 0 Å². The fraction of sp³-hybridized carbons (Fsp3) is 0.556. The molecule has 0 spiro atoms. The van der Waals surface area contributed by atoms with Crippen molar-refractivity contribution in [2.45, 2.75) is 39.2 Å². The van der Waals surface area contributed by atoms with Gasteiger partial charge in [0.05, 0.1) is 0 Å². The lowest BCUT2D eigenvalue weighted by Crippen LogP contribution is -2.47. The average molecular weight is 317 g/mol. The van der Waals surface area contributed by atoms with Crippen molar-refractivity contribution in [2.24, 2.45) is 0 Å². The maximum atomic E-state index is 12.1. The summed E-state index contributed by atoms with van der Waals surface area (Å²) in [6, 6.07) is 6.81. The van der Waals surface area contributed by atoms with Crippen molar-refractivity contribution in [2.75, 3.05) is 26.2 Å². The molecule has 2 rings (SSSR count). The third-order valence-electron chi connectivity index (χ3n) is 4.20. The predicted octanol–water partition coefficient (Wildman–Crippen LogP) is 1.72. The van der Waals surface area contributed by atoms with Gasteiger partial charge in [0, 0.05) is 18.7 Å².